The van der Waals surface area contributed by atoms with E-state index in [0.717, 1.165) is 84.0 Å². The molecule has 0 N–H and O–H groups in total. The van der Waals surface area contributed by atoms with Gasteiger partial charge in [-0.05, 0) is 76.5 Å². The average molecular weight is 566 g/mol. The SMILES string of the molecule is C=C/C=C\C(=C/C)S(=O)(=O)N(CC1(CC(=O)N2CCC(N(CC)CCC)CC2)CC1)[C@H](CC)CCCC.CC. The molecule has 1 aliphatic heterocycles. The zero-order chi connectivity index (χ0) is 29.5. The van der Waals surface area contributed by atoms with E-state index >= 15 is 0 Å². The van der Waals surface area contributed by atoms with E-state index in [9.17, 15) is 13.2 Å². The number of amides is 1. The Kier molecular flexibility index (Phi) is 16.5. The maximum atomic E-state index is 13.9. The third-order valence-corrected chi connectivity index (χ3v) is 10.3. The molecule has 226 valence electrons. The predicted octanol–water partition coefficient (Wildman–Crippen LogP) is 7.15. The molecule has 2 rings (SSSR count). The lowest BCUT2D eigenvalue weighted by atomic mass is 9.97. The number of hydrogen-bond donors (Lipinski definition) is 0. The van der Waals surface area contributed by atoms with Gasteiger partial charge in [0.2, 0.25) is 15.9 Å². The summed E-state index contributed by atoms with van der Waals surface area (Å²) in [6, 6.07) is 0.509. The van der Waals surface area contributed by atoms with Gasteiger partial charge in [0, 0.05) is 38.1 Å². The topological polar surface area (TPSA) is 60.9 Å². The molecule has 0 spiro atoms. The van der Waals surface area contributed by atoms with E-state index in [1.54, 1.807) is 35.5 Å². The van der Waals surface area contributed by atoms with Gasteiger partial charge in [-0.25, -0.2) is 8.42 Å². The third-order valence-electron chi connectivity index (χ3n) is 8.28. The van der Waals surface area contributed by atoms with Crippen molar-refractivity contribution in [3.8, 4) is 0 Å². The quantitative estimate of drug-likeness (QED) is 0.176. The summed E-state index contributed by atoms with van der Waals surface area (Å²) in [7, 11) is -3.68. The maximum Gasteiger partial charge on any atom is 0.243 e. The van der Waals surface area contributed by atoms with Gasteiger partial charge in [-0.2, -0.15) is 4.31 Å². The molecule has 1 amide bonds. The smallest absolute Gasteiger partial charge is 0.243 e. The van der Waals surface area contributed by atoms with Crippen molar-refractivity contribution in [2.75, 3.05) is 32.7 Å². The maximum absolute atomic E-state index is 13.9. The van der Waals surface area contributed by atoms with E-state index in [0.29, 0.717) is 23.9 Å². The molecule has 2 aliphatic rings. The largest absolute Gasteiger partial charge is 0.343 e. The van der Waals surface area contributed by atoms with Crippen LogP contribution in [0.5, 0.6) is 0 Å². The van der Waals surface area contributed by atoms with Gasteiger partial charge in [-0.1, -0.05) is 79.2 Å². The molecule has 1 aliphatic carbocycles. The van der Waals surface area contributed by atoms with E-state index in [4.69, 9.17) is 0 Å². The van der Waals surface area contributed by atoms with Crippen molar-refractivity contribution >= 4 is 15.9 Å². The Morgan fingerprint density at radius 2 is 1.74 bits per heavy atom. The first-order chi connectivity index (χ1) is 18.7. The summed E-state index contributed by atoms with van der Waals surface area (Å²) >= 11 is 0. The molecule has 0 unspecified atom stereocenters. The summed E-state index contributed by atoms with van der Waals surface area (Å²) in [5, 5.41) is 0. The fraction of sp³-hybridized carbons (Fsp3) is 0.781. The van der Waals surface area contributed by atoms with Gasteiger partial charge in [0.15, 0.2) is 0 Å². The molecular formula is C32H59N3O3S. The number of carbonyl (C=O) groups excluding carboxylic acids is 1. The van der Waals surface area contributed by atoms with Crippen molar-refractivity contribution in [2.24, 2.45) is 5.41 Å². The highest BCUT2D eigenvalue weighted by molar-refractivity contribution is 7.93. The number of allylic oxidation sites excluding steroid dienone is 4. The molecule has 1 saturated heterocycles. The van der Waals surface area contributed by atoms with Crippen LogP contribution in [0.15, 0.2) is 35.8 Å². The Morgan fingerprint density at radius 3 is 2.21 bits per heavy atom. The van der Waals surface area contributed by atoms with Crippen molar-refractivity contribution in [3.63, 3.8) is 0 Å². The molecule has 1 heterocycles. The summed E-state index contributed by atoms with van der Waals surface area (Å²) in [6.07, 6.45) is 15.7. The van der Waals surface area contributed by atoms with Gasteiger partial charge in [-0.3, -0.25) is 4.79 Å². The number of carbonyl (C=O) groups is 1. The fourth-order valence-corrected chi connectivity index (χ4v) is 7.64. The highest BCUT2D eigenvalue weighted by Crippen LogP contribution is 2.51. The number of piperidine rings is 1. The van der Waals surface area contributed by atoms with Gasteiger partial charge in [-0.15, -0.1) is 0 Å². The van der Waals surface area contributed by atoms with Crippen molar-refractivity contribution in [2.45, 2.75) is 125 Å². The van der Waals surface area contributed by atoms with Crippen LogP contribution in [0.2, 0.25) is 0 Å². The standard InChI is InChI=1S/C30H53N3O3S.C2H6/c1-7-13-15-26(10-4)33(37(35,36)28(11-5)16-14-8-2)25-30(19-20-30)24-29(34)32-22-17-27(18-23-32)31(12-6)21-9-3;1-2/h8,11,14,16,26-27H,2,7,9-10,12-13,15,17-25H2,1,3-6H3;1-2H3/b16-14-,28-11+;/t26-;/m1./s1. The minimum atomic E-state index is -3.68. The second kappa shape index (κ2) is 18.1. The van der Waals surface area contributed by atoms with Crippen LogP contribution in [-0.2, 0) is 14.8 Å². The van der Waals surface area contributed by atoms with E-state index in [2.05, 4.69) is 39.2 Å². The van der Waals surface area contributed by atoms with Gasteiger partial charge in [0.05, 0.1) is 4.91 Å². The molecule has 0 bridgehead atoms. The summed E-state index contributed by atoms with van der Waals surface area (Å²) in [5.41, 5.74) is -0.237. The lowest BCUT2D eigenvalue weighted by Crippen LogP contribution is -2.48. The summed E-state index contributed by atoms with van der Waals surface area (Å²) in [6.45, 7) is 22.4. The van der Waals surface area contributed by atoms with Crippen molar-refractivity contribution in [3.05, 3.63) is 35.8 Å². The van der Waals surface area contributed by atoms with Crippen LogP contribution >= 0.6 is 0 Å². The van der Waals surface area contributed by atoms with Crippen LogP contribution in [0.25, 0.3) is 0 Å². The molecule has 0 radical (unpaired) electrons. The van der Waals surface area contributed by atoms with Gasteiger partial charge >= 0.3 is 0 Å². The second-order valence-corrected chi connectivity index (χ2v) is 12.8. The van der Waals surface area contributed by atoms with Crippen LogP contribution in [0, 0.1) is 5.41 Å². The molecule has 1 atom stereocenters. The zero-order valence-electron chi connectivity index (χ0n) is 26.3. The minimum Gasteiger partial charge on any atom is -0.343 e. The number of nitrogens with zero attached hydrogens (tertiary/aromatic N) is 3. The first-order valence-corrected chi connectivity index (χ1v) is 17.1. The highest BCUT2D eigenvalue weighted by Gasteiger charge is 2.49. The molecule has 0 aromatic heterocycles. The van der Waals surface area contributed by atoms with E-state index in [-0.39, 0.29) is 17.4 Å². The van der Waals surface area contributed by atoms with E-state index < -0.39 is 10.0 Å². The van der Waals surface area contributed by atoms with Crippen molar-refractivity contribution < 1.29 is 13.2 Å². The number of likely N-dealkylation sites (tertiary alicyclic amines) is 1. The predicted molar refractivity (Wildman–Crippen MR) is 167 cm³/mol. The number of hydrogen-bond acceptors (Lipinski definition) is 4. The number of sulfonamides is 1. The monoisotopic (exact) mass is 565 g/mol. The Labute approximate surface area is 241 Å². The van der Waals surface area contributed by atoms with Crippen LogP contribution in [0.1, 0.15) is 113 Å². The van der Waals surface area contributed by atoms with E-state index in [1.807, 2.05) is 18.7 Å². The Morgan fingerprint density at radius 1 is 1.10 bits per heavy atom. The van der Waals surface area contributed by atoms with Crippen LogP contribution in [0.4, 0.5) is 0 Å². The molecule has 0 aromatic carbocycles. The molecule has 39 heavy (non-hydrogen) atoms. The normalized spacial score (nSPS) is 18.8. The highest BCUT2D eigenvalue weighted by atomic mass is 32.2. The van der Waals surface area contributed by atoms with Gasteiger partial charge in [0.25, 0.3) is 0 Å². The van der Waals surface area contributed by atoms with Crippen LogP contribution < -0.4 is 0 Å². The lowest BCUT2D eigenvalue weighted by molar-refractivity contribution is -0.134. The molecule has 2 fully saturated rings. The summed E-state index contributed by atoms with van der Waals surface area (Å²) in [4.78, 5) is 18.3. The van der Waals surface area contributed by atoms with Crippen LogP contribution in [0.3, 0.4) is 0 Å². The first kappa shape index (κ1) is 35.6. The second-order valence-electron chi connectivity index (χ2n) is 11.0. The Balaban J connectivity index is 0.00000371. The van der Waals surface area contributed by atoms with Crippen LogP contribution in [-0.4, -0.2) is 73.2 Å². The molecule has 6 nitrogen and oxygen atoms in total. The summed E-state index contributed by atoms with van der Waals surface area (Å²) in [5.74, 6) is 0.200. The molecule has 1 saturated carbocycles. The number of rotatable bonds is 17. The third kappa shape index (κ3) is 10.5. The zero-order valence-corrected chi connectivity index (χ0v) is 27.1. The first-order valence-electron chi connectivity index (χ1n) is 15.7. The lowest BCUT2D eigenvalue weighted by Gasteiger charge is -2.39. The molecule has 7 heteroatoms. The molecule has 0 aromatic rings. The Hall–Kier alpha value is -1.44. The van der Waals surface area contributed by atoms with Gasteiger partial charge in [0.1, 0.15) is 0 Å². The minimum absolute atomic E-state index is 0.0565. The Bertz CT molecular complexity index is 884. The van der Waals surface area contributed by atoms with E-state index in [1.165, 1.54) is 0 Å². The fourth-order valence-electron chi connectivity index (χ4n) is 5.73. The molecular weight excluding hydrogens is 506 g/mol. The summed E-state index contributed by atoms with van der Waals surface area (Å²) < 4.78 is 29.5. The van der Waals surface area contributed by atoms with Gasteiger partial charge < -0.3 is 9.80 Å². The number of unbranched alkanes of at least 4 members (excludes halogenated alkanes) is 1. The average Bonchev–Trinajstić information content (AvgIpc) is 3.71. The van der Waals surface area contributed by atoms with Crippen molar-refractivity contribution in [1.82, 2.24) is 14.1 Å². The van der Waals surface area contributed by atoms with Crippen molar-refractivity contribution in [1.29, 1.82) is 0 Å².